The molecule has 11 heteroatoms. The molecule has 294 valence electrons. The Morgan fingerprint density at radius 3 is 1.95 bits per heavy atom. The highest BCUT2D eigenvalue weighted by atomic mass is 16.5. The van der Waals surface area contributed by atoms with Crippen LogP contribution < -0.4 is 29.6 Å². The smallest absolute Gasteiger partial charge is 0.244 e. The van der Waals surface area contributed by atoms with Gasteiger partial charge in [0.15, 0.2) is 23.0 Å². The van der Waals surface area contributed by atoms with E-state index >= 15 is 0 Å². The number of aryl methyl sites for hydroxylation is 2. The Kier molecular flexibility index (Phi) is 14.3. The molecule has 1 aliphatic rings. The number of amides is 1. The predicted molar refractivity (Wildman–Crippen MR) is 223 cm³/mol. The Morgan fingerprint density at radius 2 is 1.35 bits per heavy atom. The van der Waals surface area contributed by atoms with E-state index in [4.69, 9.17) is 18.9 Å². The largest absolute Gasteiger partial charge is 0.493 e. The molecular formula is C46H50N6O5. The quantitative estimate of drug-likeness (QED) is 0.105. The molecule has 0 aliphatic carbocycles. The molecule has 1 amide bonds. The first-order valence-corrected chi connectivity index (χ1v) is 18.9. The first kappa shape index (κ1) is 40.1. The second-order valence-electron chi connectivity index (χ2n) is 13.4. The van der Waals surface area contributed by atoms with Crippen LogP contribution in [-0.4, -0.2) is 52.8 Å². The molecule has 11 nitrogen and oxygen atoms in total. The van der Waals surface area contributed by atoms with Gasteiger partial charge in [-0.3, -0.25) is 14.2 Å². The lowest BCUT2D eigenvalue weighted by molar-refractivity contribution is -0.116. The van der Waals surface area contributed by atoms with Crippen LogP contribution in [0, 0.1) is 0 Å². The maximum absolute atomic E-state index is 12.0. The highest BCUT2D eigenvalue weighted by Gasteiger charge is 2.21. The minimum Gasteiger partial charge on any atom is -0.493 e. The molecule has 1 aliphatic heterocycles. The third-order valence-electron chi connectivity index (χ3n) is 9.52. The van der Waals surface area contributed by atoms with Gasteiger partial charge in [0, 0.05) is 45.7 Å². The zero-order chi connectivity index (χ0) is 39.8. The molecule has 0 spiro atoms. The Bertz CT molecular complexity index is 2250. The van der Waals surface area contributed by atoms with Crippen molar-refractivity contribution in [3.8, 4) is 23.0 Å². The van der Waals surface area contributed by atoms with Crippen molar-refractivity contribution in [3.63, 3.8) is 0 Å². The van der Waals surface area contributed by atoms with Gasteiger partial charge in [-0.05, 0) is 89.2 Å². The van der Waals surface area contributed by atoms with Crippen LogP contribution >= 0.6 is 0 Å². The number of hydrogen-bond donors (Lipinski definition) is 2. The molecule has 0 saturated carbocycles. The van der Waals surface area contributed by atoms with Crippen molar-refractivity contribution in [3.05, 3.63) is 167 Å². The van der Waals surface area contributed by atoms with Crippen LogP contribution in [0.5, 0.6) is 23.0 Å². The Morgan fingerprint density at radius 1 is 0.737 bits per heavy atom. The fourth-order valence-corrected chi connectivity index (χ4v) is 6.34. The van der Waals surface area contributed by atoms with Crippen molar-refractivity contribution in [1.82, 2.24) is 30.2 Å². The van der Waals surface area contributed by atoms with Gasteiger partial charge in [0.05, 0.1) is 31.6 Å². The summed E-state index contributed by atoms with van der Waals surface area (Å²) in [5, 5.41) is 14.7. The van der Waals surface area contributed by atoms with Gasteiger partial charge in [-0.1, -0.05) is 72.8 Å². The molecule has 0 bridgehead atoms. The minimum absolute atomic E-state index is 0.135. The minimum atomic E-state index is -0.139. The Labute approximate surface area is 334 Å². The van der Waals surface area contributed by atoms with E-state index in [1.165, 1.54) is 17.2 Å². The molecule has 2 N–H and O–H groups in total. The van der Waals surface area contributed by atoms with Gasteiger partial charge >= 0.3 is 0 Å². The lowest BCUT2D eigenvalue weighted by Gasteiger charge is -2.26. The van der Waals surface area contributed by atoms with Crippen LogP contribution in [0.3, 0.4) is 0 Å². The molecule has 0 fully saturated rings. The summed E-state index contributed by atoms with van der Waals surface area (Å²) in [5.74, 6) is 2.79. The standard InChI is InChI=1S/C23H25N3O3.C23H25N3O2/c1-26-20(13-15-25-26)9-11-23(27)24-14-12-18-8-10-21(28-2)22(16-18)29-17-19-6-4-3-5-7-19;1-26-19(11-13-25-26)8-9-21-20-15-22(27-2)23(14-18(20)10-12-24-21)28-16-17-6-4-3-5-7-17/h3-11,13,15-16H,12,14,17H2,1-2H3,(H,24,27);3-9,11,13-15,21,24H,10,12,16H2,1-2H3/b11-9+;9-8+. The molecule has 7 rings (SSSR count). The number of nitrogens with zero attached hydrogens (tertiary/aromatic N) is 4. The summed E-state index contributed by atoms with van der Waals surface area (Å²) < 4.78 is 26.6. The summed E-state index contributed by atoms with van der Waals surface area (Å²) in [7, 11) is 7.09. The van der Waals surface area contributed by atoms with Gasteiger partial charge in [0.25, 0.3) is 0 Å². The fraction of sp³-hybridized carbons (Fsp3) is 0.239. The molecule has 1 atom stereocenters. The first-order valence-electron chi connectivity index (χ1n) is 18.9. The van der Waals surface area contributed by atoms with E-state index in [1.807, 2.05) is 97.6 Å². The molecule has 3 heterocycles. The highest BCUT2D eigenvalue weighted by molar-refractivity contribution is 5.91. The number of fused-ring (bicyclic) bond motifs is 1. The molecular weight excluding hydrogens is 717 g/mol. The van der Waals surface area contributed by atoms with Crippen molar-refractivity contribution in [1.29, 1.82) is 0 Å². The first-order chi connectivity index (χ1) is 27.9. The molecule has 4 aromatic carbocycles. The Hall–Kier alpha value is -6.59. The van der Waals surface area contributed by atoms with Crippen LogP contribution in [-0.2, 0) is 44.9 Å². The topological polar surface area (TPSA) is 114 Å². The maximum Gasteiger partial charge on any atom is 0.244 e. The summed E-state index contributed by atoms with van der Waals surface area (Å²) in [6.45, 7) is 2.45. The van der Waals surface area contributed by atoms with E-state index in [-0.39, 0.29) is 11.9 Å². The van der Waals surface area contributed by atoms with Gasteiger partial charge in [-0.2, -0.15) is 10.2 Å². The zero-order valence-corrected chi connectivity index (χ0v) is 32.9. The lowest BCUT2D eigenvalue weighted by atomic mass is 9.93. The monoisotopic (exact) mass is 766 g/mol. The van der Waals surface area contributed by atoms with Crippen LogP contribution in [0.15, 0.2) is 128 Å². The molecule has 0 saturated heterocycles. The average Bonchev–Trinajstić information content (AvgIpc) is 3.87. The van der Waals surface area contributed by atoms with E-state index < -0.39 is 0 Å². The number of nitrogens with one attached hydrogen (secondary N) is 2. The van der Waals surface area contributed by atoms with Crippen molar-refractivity contribution in [2.24, 2.45) is 14.1 Å². The predicted octanol–water partition coefficient (Wildman–Crippen LogP) is 7.29. The van der Waals surface area contributed by atoms with E-state index in [0.29, 0.717) is 37.7 Å². The number of carbonyl (C=O) groups is 1. The molecule has 6 aromatic rings. The number of ether oxygens (including phenoxy) is 4. The second-order valence-corrected chi connectivity index (χ2v) is 13.4. The molecule has 1 unspecified atom stereocenters. The third kappa shape index (κ3) is 11.5. The SMILES string of the molecule is COc1cc2c(cc1OCc1ccccc1)CCNC2/C=C/c1ccnn1C.COc1ccc(CCNC(=O)/C=C/c2ccnn2C)cc1OCc1ccccc1. The van der Waals surface area contributed by atoms with Gasteiger partial charge in [-0.15, -0.1) is 0 Å². The Balaban J connectivity index is 0.000000193. The summed E-state index contributed by atoms with van der Waals surface area (Å²) in [6.07, 6.45) is 12.7. The summed E-state index contributed by atoms with van der Waals surface area (Å²) >= 11 is 0. The van der Waals surface area contributed by atoms with Gasteiger partial charge in [-0.25, -0.2) is 0 Å². The fourth-order valence-electron chi connectivity index (χ4n) is 6.34. The van der Waals surface area contributed by atoms with E-state index in [1.54, 1.807) is 37.4 Å². The summed E-state index contributed by atoms with van der Waals surface area (Å²) in [5.41, 5.74) is 7.76. The van der Waals surface area contributed by atoms with Crippen molar-refractivity contribution < 1.29 is 23.7 Å². The van der Waals surface area contributed by atoms with Crippen LogP contribution in [0.2, 0.25) is 0 Å². The molecule has 0 radical (unpaired) electrons. The zero-order valence-electron chi connectivity index (χ0n) is 32.9. The molecule has 57 heavy (non-hydrogen) atoms. The normalized spacial score (nSPS) is 13.4. The highest BCUT2D eigenvalue weighted by Crippen LogP contribution is 2.36. The lowest BCUT2D eigenvalue weighted by Crippen LogP contribution is -2.28. The van der Waals surface area contributed by atoms with Gasteiger partial charge < -0.3 is 29.6 Å². The second kappa shape index (κ2) is 20.4. The number of methoxy groups -OCH3 is 2. The van der Waals surface area contributed by atoms with Crippen molar-refractivity contribution in [2.45, 2.75) is 32.1 Å². The summed E-state index contributed by atoms with van der Waals surface area (Å²) in [6, 6.07) is 34.2. The summed E-state index contributed by atoms with van der Waals surface area (Å²) in [4.78, 5) is 12.0. The van der Waals surface area contributed by atoms with Crippen LogP contribution in [0.25, 0.3) is 12.2 Å². The third-order valence-corrected chi connectivity index (χ3v) is 9.52. The van der Waals surface area contributed by atoms with E-state index in [9.17, 15) is 4.79 Å². The van der Waals surface area contributed by atoms with Crippen LogP contribution in [0.4, 0.5) is 0 Å². The van der Waals surface area contributed by atoms with Crippen molar-refractivity contribution >= 4 is 18.1 Å². The maximum atomic E-state index is 12.0. The molecule has 2 aromatic heterocycles. The van der Waals surface area contributed by atoms with Crippen LogP contribution in [0.1, 0.15) is 45.2 Å². The average molecular weight is 767 g/mol. The number of hydrogen-bond acceptors (Lipinski definition) is 8. The number of rotatable bonds is 15. The number of carbonyl (C=O) groups excluding carboxylic acids is 1. The van der Waals surface area contributed by atoms with Crippen molar-refractivity contribution in [2.75, 3.05) is 27.3 Å². The number of aromatic nitrogens is 4. The van der Waals surface area contributed by atoms with Gasteiger partial charge in [0.2, 0.25) is 5.91 Å². The van der Waals surface area contributed by atoms with E-state index in [2.05, 4.69) is 57.2 Å². The van der Waals surface area contributed by atoms with Gasteiger partial charge in [0.1, 0.15) is 13.2 Å². The van der Waals surface area contributed by atoms with E-state index in [0.717, 1.165) is 52.5 Å². The number of benzene rings is 4.